The van der Waals surface area contributed by atoms with E-state index in [0.717, 1.165) is 0 Å². The van der Waals surface area contributed by atoms with Crippen molar-refractivity contribution in [1.29, 1.82) is 0 Å². The lowest BCUT2D eigenvalue weighted by molar-refractivity contribution is -0.143. The number of alkyl halides is 1. The number of halogens is 3. The summed E-state index contributed by atoms with van der Waals surface area (Å²) in [6.07, 6.45) is 0. The third-order valence-corrected chi connectivity index (χ3v) is 2.78. The van der Waals surface area contributed by atoms with Crippen LogP contribution in [0.1, 0.15) is 13.8 Å². The minimum Gasteiger partial charge on any atom is -0.479 e. The Balaban J connectivity index is 4.67. The first kappa shape index (κ1) is 11.3. The van der Waals surface area contributed by atoms with Crippen molar-refractivity contribution in [2.24, 2.45) is 5.92 Å². The van der Waals surface area contributed by atoms with Crippen LogP contribution < -0.4 is 0 Å². The summed E-state index contributed by atoms with van der Waals surface area (Å²) in [5, 5.41) is 8.63. The molecule has 6 heteroatoms. The second-order valence-electron chi connectivity index (χ2n) is 2.37. The quantitative estimate of drug-likeness (QED) is 0.451. The van der Waals surface area contributed by atoms with Crippen LogP contribution in [-0.2, 0) is 4.79 Å². The average Bonchev–Trinajstić information content (AvgIpc) is 1.84. The van der Waals surface area contributed by atoms with Crippen LogP contribution in [0.5, 0.6) is 0 Å². The van der Waals surface area contributed by atoms with Crippen molar-refractivity contribution in [2.75, 3.05) is 0 Å². The summed E-state index contributed by atoms with van der Waals surface area (Å²) in [7, 11) is 0. The van der Waals surface area contributed by atoms with Crippen LogP contribution in [0.25, 0.3) is 0 Å². The van der Waals surface area contributed by atoms with Gasteiger partial charge in [-0.15, -0.1) is 0 Å². The van der Waals surface area contributed by atoms with Crippen LogP contribution in [0.15, 0.2) is 0 Å². The van der Waals surface area contributed by atoms with E-state index in [9.17, 15) is 4.79 Å². The standard InChI is InChI=1S/C5H8Cl3NO2/c1-3(2)5(6,4(10)11)9(7)8/h3H,1-2H3,(H,10,11)/t5-/m0/s1. The summed E-state index contributed by atoms with van der Waals surface area (Å²) in [5.74, 6) is -1.66. The van der Waals surface area contributed by atoms with Crippen LogP contribution in [0.2, 0.25) is 0 Å². The number of hydrogen-bond acceptors (Lipinski definition) is 2. The predicted molar refractivity (Wildman–Crippen MR) is 44.6 cm³/mol. The lowest BCUT2D eigenvalue weighted by Gasteiger charge is -2.28. The Morgan fingerprint density at radius 1 is 1.55 bits per heavy atom. The van der Waals surface area contributed by atoms with E-state index in [1.807, 2.05) is 0 Å². The van der Waals surface area contributed by atoms with Gasteiger partial charge in [-0.05, 0) is 29.5 Å². The maximum Gasteiger partial charge on any atom is 0.342 e. The molecular weight excluding hydrogens is 212 g/mol. The van der Waals surface area contributed by atoms with E-state index < -0.39 is 16.9 Å². The van der Waals surface area contributed by atoms with E-state index in [0.29, 0.717) is 3.94 Å². The fraction of sp³-hybridized carbons (Fsp3) is 0.800. The maximum absolute atomic E-state index is 10.6. The minimum absolute atomic E-state index is 0.392. The normalized spacial score (nSPS) is 17.0. The molecule has 0 aliphatic heterocycles. The molecule has 0 heterocycles. The molecular formula is C5H8Cl3NO2. The van der Waals surface area contributed by atoms with Crippen molar-refractivity contribution in [2.45, 2.75) is 18.8 Å². The number of aliphatic carboxylic acids is 1. The highest BCUT2D eigenvalue weighted by Gasteiger charge is 2.45. The van der Waals surface area contributed by atoms with Gasteiger partial charge in [-0.1, -0.05) is 29.4 Å². The predicted octanol–water partition coefficient (Wildman–Crippen LogP) is 2.27. The molecule has 0 rings (SSSR count). The molecule has 0 saturated heterocycles. The molecule has 1 N–H and O–H groups in total. The Hall–Kier alpha value is 0.300. The number of hydrogen-bond donors (Lipinski definition) is 1. The molecule has 0 aliphatic rings. The van der Waals surface area contributed by atoms with Gasteiger partial charge < -0.3 is 5.11 Å². The molecule has 0 unspecified atom stereocenters. The highest BCUT2D eigenvalue weighted by Crippen LogP contribution is 2.33. The van der Waals surface area contributed by atoms with E-state index in [-0.39, 0.29) is 0 Å². The number of carboxylic acid groups (broad SMARTS) is 1. The molecule has 0 radical (unpaired) electrons. The summed E-state index contributed by atoms with van der Waals surface area (Å²) in [6, 6.07) is 0. The lowest BCUT2D eigenvalue weighted by Crippen LogP contribution is -2.45. The van der Waals surface area contributed by atoms with Crippen LogP contribution in [0.4, 0.5) is 0 Å². The van der Waals surface area contributed by atoms with Gasteiger partial charge in [-0.25, -0.2) is 4.79 Å². The number of carbonyl (C=O) groups is 1. The Bertz CT molecular complexity index is 152. The van der Waals surface area contributed by atoms with Gasteiger partial charge in [0.05, 0.1) is 0 Å². The summed E-state index contributed by atoms with van der Waals surface area (Å²) in [5.41, 5.74) is 0. The zero-order chi connectivity index (χ0) is 9.23. The van der Waals surface area contributed by atoms with Gasteiger partial charge in [0, 0.05) is 0 Å². The minimum atomic E-state index is -1.75. The van der Waals surface area contributed by atoms with Crippen molar-refractivity contribution in [1.82, 2.24) is 3.94 Å². The molecule has 0 aromatic heterocycles. The Kier molecular flexibility index (Phi) is 3.91. The van der Waals surface area contributed by atoms with Crippen molar-refractivity contribution < 1.29 is 9.90 Å². The molecule has 0 amide bonds. The lowest BCUT2D eigenvalue weighted by atomic mass is 10.1. The van der Waals surface area contributed by atoms with Gasteiger partial charge in [0.25, 0.3) is 0 Å². The molecule has 0 aromatic carbocycles. The Labute approximate surface area is 80.0 Å². The third-order valence-electron chi connectivity index (χ3n) is 1.31. The van der Waals surface area contributed by atoms with Crippen molar-refractivity contribution in [3.63, 3.8) is 0 Å². The van der Waals surface area contributed by atoms with Crippen LogP contribution in [0, 0.1) is 5.92 Å². The van der Waals surface area contributed by atoms with E-state index in [2.05, 4.69) is 0 Å². The summed E-state index contributed by atoms with van der Waals surface area (Å²) < 4.78 is 0.446. The fourth-order valence-electron chi connectivity index (χ4n) is 0.514. The van der Waals surface area contributed by atoms with Gasteiger partial charge >= 0.3 is 5.97 Å². The fourth-order valence-corrected chi connectivity index (χ4v) is 1.05. The smallest absolute Gasteiger partial charge is 0.342 e. The zero-order valence-corrected chi connectivity index (χ0v) is 8.28. The molecule has 0 saturated carbocycles. The summed E-state index contributed by atoms with van der Waals surface area (Å²) >= 11 is 16.1. The molecule has 3 nitrogen and oxygen atoms in total. The van der Waals surface area contributed by atoms with Crippen molar-refractivity contribution >= 4 is 41.1 Å². The second-order valence-corrected chi connectivity index (χ2v) is 3.79. The van der Waals surface area contributed by atoms with Gasteiger partial charge in [-0.2, -0.15) is 0 Å². The van der Waals surface area contributed by atoms with Crippen molar-refractivity contribution in [3.8, 4) is 0 Å². The van der Waals surface area contributed by atoms with Gasteiger partial charge in [0.2, 0.25) is 5.00 Å². The molecule has 0 fully saturated rings. The van der Waals surface area contributed by atoms with Gasteiger partial charge in [0.15, 0.2) is 0 Å². The van der Waals surface area contributed by atoms with E-state index in [1.165, 1.54) is 0 Å². The molecule has 0 aliphatic carbocycles. The van der Waals surface area contributed by atoms with E-state index >= 15 is 0 Å². The maximum atomic E-state index is 10.6. The van der Waals surface area contributed by atoms with Crippen LogP contribution in [0.3, 0.4) is 0 Å². The SMILES string of the molecule is CC(C)[C@@](Cl)(C(=O)O)N(Cl)Cl. The van der Waals surface area contributed by atoms with Gasteiger partial charge in [0.1, 0.15) is 0 Å². The molecule has 1 atom stereocenters. The summed E-state index contributed by atoms with van der Waals surface area (Å²) in [6.45, 7) is 3.22. The number of carboxylic acids is 1. The average molecular weight is 220 g/mol. The molecule has 0 spiro atoms. The number of nitrogens with zero attached hydrogens (tertiary/aromatic N) is 1. The highest BCUT2D eigenvalue weighted by atomic mass is 35.5. The summed E-state index contributed by atoms with van der Waals surface area (Å²) in [4.78, 5) is 8.81. The molecule has 0 aromatic rings. The first-order valence-electron chi connectivity index (χ1n) is 2.87. The zero-order valence-electron chi connectivity index (χ0n) is 6.01. The van der Waals surface area contributed by atoms with Crippen LogP contribution >= 0.6 is 35.2 Å². The van der Waals surface area contributed by atoms with Crippen LogP contribution in [-0.4, -0.2) is 20.0 Å². The first-order chi connectivity index (χ1) is 4.83. The highest BCUT2D eigenvalue weighted by molar-refractivity contribution is 6.44. The van der Waals surface area contributed by atoms with E-state index in [4.69, 9.17) is 40.3 Å². The molecule has 11 heavy (non-hydrogen) atoms. The monoisotopic (exact) mass is 219 g/mol. The van der Waals surface area contributed by atoms with Crippen molar-refractivity contribution in [3.05, 3.63) is 0 Å². The van der Waals surface area contributed by atoms with Gasteiger partial charge in [-0.3, -0.25) is 0 Å². The Morgan fingerprint density at radius 2 is 1.91 bits per heavy atom. The second kappa shape index (κ2) is 3.81. The van der Waals surface area contributed by atoms with E-state index in [1.54, 1.807) is 13.8 Å². The molecule has 0 bridgehead atoms. The Morgan fingerprint density at radius 3 is 1.91 bits per heavy atom. The third kappa shape index (κ3) is 2.12. The largest absolute Gasteiger partial charge is 0.479 e. The first-order valence-corrected chi connectivity index (χ1v) is 3.93. The molecule has 66 valence electrons. The number of rotatable bonds is 3. The topological polar surface area (TPSA) is 40.5 Å².